The van der Waals surface area contributed by atoms with E-state index in [2.05, 4.69) is 9.97 Å². The Morgan fingerprint density at radius 1 is 1.30 bits per heavy atom. The molecule has 1 aromatic heterocycles. The first kappa shape index (κ1) is 15.9. The van der Waals surface area contributed by atoms with E-state index in [4.69, 9.17) is 0 Å². The summed E-state index contributed by atoms with van der Waals surface area (Å²) < 4.78 is 13.2. The molecule has 2 heterocycles. The van der Waals surface area contributed by atoms with Gasteiger partial charge in [-0.3, -0.25) is 4.79 Å². The van der Waals surface area contributed by atoms with Crippen LogP contribution in [0.3, 0.4) is 0 Å². The Morgan fingerprint density at radius 2 is 2.00 bits per heavy atom. The van der Waals surface area contributed by atoms with E-state index >= 15 is 0 Å². The third kappa shape index (κ3) is 3.52. The van der Waals surface area contributed by atoms with E-state index in [1.54, 1.807) is 54.3 Å². The standard InChI is InChI=1S/C17H18FN3OS/c1-21(17(22)14-4-2-11-23-14)15(16-19-9-3-10-20-16)12-5-7-13(18)8-6-12/h3,5-10,14-15H,2,4,11H2,1H3/t14-,15+/m0/s1. The Kier molecular flexibility index (Phi) is 4.91. The van der Waals surface area contributed by atoms with Crippen molar-refractivity contribution in [2.24, 2.45) is 0 Å². The van der Waals surface area contributed by atoms with Crippen LogP contribution in [0.25, 0.3) is 0 Å². The molecule has 0 aliphatic carbocycles. The van der Waals surface area contributed by atoms with Gasteiger partial charge < -0.3 is 4.90 Å². The first-order valence-electron chi connectivity index (χ1n) is 7.57. The average Bonchev–Trinajstić information content (AvgIpc) is 3.11. The molecular formula is C17H18FN3OS. The fourth-order valence-corrected chi connectivity index (χ4v) is 4.03. The number of aromatic nitrogens is 2. The average molecular weight is 331 g/mol. The topological polar surface area (TPSA) is 46.1 Å². The van der Waals surface area contributed by atoms with Gasteiger partial charge >= 0.3 is 0 Å². The molecule has 0 saturated carbocycles. The maximum Gasteiger partial charge on any atom is 0.236 e. The van der Waals surface area contributed by atoms with E-state index in [0.29, 0.717) is 5.82 Å². The van der Waals surface area contributed by atoms with Gasteiger partial charge in [0.05, 0.1) is 5.25 Å². The van der Waals surface area contributed by atoms with E-state index in [-0.39, 0.29) is 17.0 Å². The Balaban J connectivity index is 1.94. The maximum atomic E-state index is 13.2. The van der Waals surface area contributed by atoms with Crippen molar-refractivity contribution in [3.05, 3.63) is 59.9 Å². The summed E-state index contributed by atoms with van der Waals surface area (Å²) >= 11 is 1.70. The summed E-state index contributed by atoms with van der Waals surface area (Å²) in [5, 5.41) is -0.00772. The highest BCUT2D eigenvalue weighted by atomic mass is 32.2. The monoisotopic (exact) mass is 331 g/mol. The van der Waals surface area contributed by atoms with E-state index in [0.717, 1.165) is 24.2 Å². The second-order valence-corrected chi connectivity index (χ2v) is 6.82. The summed E-state index contributed by atoms with van der Waals surface area (Å²) in [5.41, 5.74) is 0.802. The number of thioether (sulfide) groups is 1. The van der Waals surface area contributed by atoms with Gasteiger partial charge in [0.15, 0.2) is 5.82 Å². The molecule has 23 heavy (non-hydrogen) atoms. The van der Waals surface area contributed by atoms with Gasteiger partial charge in [0, 0.05) is 19.4 Å². The molecule has 1 fully saturated rings. The summed E-state index contributed by atoms with van der Waals surface area (Å²) in [7, 11) is 1.77. The summed E-state index contributed by atoms with van der Waals surface area (Å²) in [4.78, 5) is 23.1. The predicted molar refractivity (Wildman–Crippen MR) is 88.5 cm³/mol. The molecular weight excluding hydrogens is 313 g/mol. The van der Waals surface area contributed by atoms with Gasteiger partial charge in [0.1, 0.15) is 11.9 Å². The Hall–Kier alpha value is -1.95. The molecule has 1 amide bonds. The fourth-order valence-electron chi connectivity index (χ4n) is 2.77. The van der Waals surface area contributed by atoms with Crippen LogP contribution in [0.4, 0.5) is 4.39 Å². The number of carbonyl (C=O) groups is 1. The van der Waals surface area contributed by atoms with Gasteiger partial charge in [0.25, 0.3) is 0 Å². The van der Waals surface area contributed by atoms with Crippen molar-refractivity contribution < 1.29 is 9.18 Å². The number of amides is 1. The number of hydrogen-bond acceptors (Lipinski definition) is 4. The molecule has 0 spiro atoms. The number of hydrogen-bond donors (Lipinski definition) is 0. The van der Waals surface area contributed by atoms with Crippen LogP contribution in [0.1, 0.15) is 30.3 Å². The normalized spacial score (nSPS) is 18.6. The van der Waals surface area contributed by atoms with Crippen LogP contribution in [0, 0.1) is 5.82 Å². The lowest BCUT2D eigenvalue weighted by Crippen LogP contribution is -2.38. The molecule has 0 bridgehead atoms. The number of rotatable bonds is 4. The van der Waals surface area contributed by atoms with Crippen molar-refractivity contribution in [2.75, 3.05) is 12.8 Å². The van der Waals surface area contributed by atoms with Crippen LogP contribution in [0.15, 0.2) is 42.7 Å². The van der Waals surface area contributed by atoms with Crippen molar-refractivity contribution in [3.8, 4) is 0 Å². The largest absolute Gasteiger partial charge is 0.330 e. The molecule has 0 N–H and O–H groups in total. The van der Waals surface area contributed by atoms with E-state index in [9.17, 15) is 9.18 Å². The van der Waals surface area contributed by atoms with Crippen LogP contribution in [0.2, 0.25) is 0 Å². The van der Waals surface area contributed by atoms with Crippen molar-refractivity contribution in [3.63, 3.8) is 0 Å². The van der Waals surface area contributed by atoms with Gasteiger partial charge in [-0.15, -0.1) is 11.8 Å². The first-order chi connectivity index (χ1) is 11.2. The van der Waals surface area contributed by atoms with E-state index < -0.39 is 6.04 Å². The van der Waals surface area contributed by atoms with E-state index in [1.165, 1.54) is 12.1 Å². The molecule has 1 saturated heterocycles. The van der Waals surface area contributed by atoms with Crippen molar-refractivity contribution in [1.29, 1.82) is 0 Å². The first-order valence-corrected chi connectivity index (χ1v) is 8.62. The van der Waals surface area contributed by atoms with Gasteiger partial charge in [-0.25, -0.2) is 14.4 Å². The minimum absolute atomic E-state index is 0.00772. The molecule has 0 unspecified atom stereocenters. The zero-order valence-corrected chi connectivity index (χ0v) is 13.7. The number of carbonyl (C=O) groups excluding carboxylic acids is 1. The molecule has 4 nitrogen and oxygen atoms in total. The number of benzene rings is 1. The lowest BCUT2D eigenvalue weighted by atomic mass is 10.0. The summed E-state index contributed by atoms with van der Waals surface area (Å²) in [6.45, 7) is 0. The third-order valence-corrected chi connectivity index (χ3v) is 5.32. The van der Waals surface area contributed by atoms with Crippen LogP contribution < -0.4 is 0 Å². The zero-order valence-electron chi connectivity index (χ0n) is 12.9. The molecule has 2 atom stereocenters. The summed E-state index contributed by atoms with van der Waals surface area (Å²) in [6, 6.07) is 7.48. The SMILES string of the molecule is CN(C(=O)[C@@H]1CCCS1)[C@H](c1ccc(F)cc1)c1ncccn1. The Morgan fingerprint density at radius 3 is 2.61 bits per heavy atom. The summed E-state index contributed by atoms with van der Waals surface area (Å²) in [6.07, 6.45) is 5.28. The van der Waals surface area contributed by atoms with Crippen molar-refractivity contribution >= 4 is 17.7 Å². The summed E-state index contributed by atoms with van der Waals surface area (Å²) in [5.74, 6) is 1.34. The quantitative estimate of drug-likeness (QED) is 0.864. The Labute approximate surface area is 139 Å². The van der Waals surface area contributed by atoms with Crippen molar-refractivity contribution in [1.82, 2.24) is 14.9 Å². The highest BCUT2D eigenvalue weighted by Gasteiger charge is 2.32. The highest BCUT2D eigenvalue weighted by Crippen LogP contribution is 2.32. The molecule has 6 heteroatoms. The second-order valence-electron chi connectivity index (χ2n) is 5.51. The third-order valence-electron chi connectivity index (χ3n) is 3.96. The highest BCUT2D eigenvalue weighted by molar-refractivity contribution is 8.00. The van der Waals surface area contributed by atoms with Gasteiger partial charge in [-0.2, -0.15) is 0 Å². The second kappa shape index (κ2) is 7.08. The molecule has 2 aromatic rings. The molecule has 1 aliphatic heterocycles. The zero-order chi connectivity index (χ0) is 16.2. The minimum Gasteiger partial charge on any atom is -0.330 e. The molecule has 1 aliphatic rings. The van der Waals surface area contributed by atoms with Gasteiger partial charge in [0.2, 0.25) is 5.91 Å². The van der Waals surface area contributed by atoms with Crippen LogP contribution in [-0.2, 0) is 4.79 Å². The smallest absolute Gasteiger partial charge is 0.236 e. The molecule has 3 rings (SSSR count). The van der Waals surface area contributed by atoms with Crippen molar-refractivity contribution in [2.45, 2.75) is 24.1 Å². The Bertz CT molecular complexity index is 659. The lowest BCUT2D eigenvalue weighted by Gasteiger charge is -2.29. The van der Waals surface area contributed by atoms with Crippen LogP contribution >= 0.6 is 11.8 Å². The molecule has 1 aromatic carbocycles. The fraction of sp³-hybridized carbons (Fsp3) is 0.353. The number of nitrogens with zero attached hydrogens (tertiary/aromatic N) is 3. The van der Waals surface area contributed by atoms with Gasteiger partial charge in [-0.05, 0) is 42.4 Å². The number of halogens is 1. The molecule has 0 radical (unpaired) electrons. The maximum absolute atomic E-state index is 13.2. The minimum atomic E-state index is -0.412. The predicted octanol–water partition coefficient (Wildman–Crippen LogP) is 3.06. The molecule has 120 valence electrons. The van der Waals surface area contributed by atoms with E-state index in [1.807, 2.05) is 0 Å². The van der Waals surface area contributed by atoms with Crippen LogP contribution in [-0.4, -0.2) is 38.8 Å². The van der Waals surface area contributed by atoms with Crippen LogP contribution in [0.5, 0.6) is 0 Å². The lowest BCUT2D eigenvalue weighted by molar-refractivity contribution is -0.131. The van der Waals surface area contributed by atoms with Gasteiger partial charge in [-0.1, -0.05) is 12.1 Å².